The lowest BCUT2D eigenvalue weighted by atomic mass is 9.97. The largest absolute Gasteiger partial charge is 0.373 e. The van der Waals surface area contributed by atoms with Crippen LogP contribution >= 0.6 is 0 Å². The van der Waals surface area contributed by atoms with Gasteiger partial charge in [0.1, 0.15) is 0 Å². The molecule has 0 unspecified atom stereocenters. The highest BCUT2D eigenvalue weighted by molar-refractivity contribution is 7.86. The number of piperidine rings is 1. The second kappa shape index (κ2) is 6.60. The van der Waals surface area contributed by atoms with E-state index in [0.29, 0.717) is 39.0 Å². The molecule has 2 fully saturated rings. The van der Waals surface area contributed by atoms with Crippen LogP contribution in [0.15, 0.2) is 0 Å². The number of morpholine rings is 1. The summed E-state index contributed by atoms with van der Waals surface area (Å²) in [6.45, 7) is 5.36. The lowest BCUT2D eigenvalue weighted by molar-refractivity contribution is -0.125. The molecule has 7 nitrogen and oxygen atoms in total. The molecule has 0 aromatic heterocycles. The molecule has 0 bridgehead atoms. The summed E-state index contributed by atoms with van der Waals surface area (Å²) in [6.07, 6.45) is 0.974. The summed E-state index contributed by atoms with van der Waals surface area (Å²) in [5, 5.41) is 2.63. The number of carbonyl (C=O) groups is 1. The molecule has 2 aliphatic rings. The van der Waals surface area contributed by atoms with Gasteiger partial charge in [0.2, 0.25) is 5.91 Å². The van der Waals surface area contributed by atoms with E-state index in [4.69, 9.17) is 4.74 Å². The summed E-state index contributed by atoms with van der Waals surface area (Å²) in [4.78, 5) is 11.6. The van der Waals surface area contributed by atoms with Gasteiger partial charge in [-0.05, 0) is 26.7 Å². The first kappa shape index (κ1) is 16.7. The third-order valence-electron chi connectivity index (χ3n) is 4.11. The summed E-state index contributed by atoms with van der Waals surface area (Å²) < 4.78 is 33.9. The summed E-state index contributed by atoms with van der Waals surface area (Å²) in [7, 11) is -1.84. The van der Waals surface area contributed by atoms with Crippen LogP contribution in [0.25, 0.3) is 0 Å². The zero-order valence-electron chi connectivity index (χ0n) is 12.9. The summed E-state index contributed by atoms with van der Waals surface area (Å²) in [5.41, 5.74) is 0. The van der Waals surface area contributed by atoms with E-state index in [0.717, 1.165) is 0 Å². The summed E-state index contributed by atoms with van der Waals surface area (Å²) in [5.74, 6) is -0.0790. The minimum atomic E-state index is -3.45. The first-order valence-electron chi connectivity index (χ1n) is 7.47. The van der Waals surface area contributed by atoms with Gasteiger partial charge in [0.05, 0.1) is 12.2 Å². The van der Waals surface area contributed by atoms with Crippen molar-refractivity contribution in [2.45, 2.75) is 38.9 Å². The molecular weight excluding hydrogens is 294 g/mol. The Kier molecular flexibility index (Phi) is 5.24. The van der Waals surface area contributed by atoms with Crippen LogP contribution in [0.2, 0.25) is 0 Å². The molecule has 0 aliphatic carbocycles. The molecule has 0 aromatic carbocycles. The molecule has 0 aromatic rings. The minimum Gasteiger partial charge on any atom is -0.373 e. The minimum absolute atomic E-state index is 0.000616. The fourth-order valence-electron chi connectivity index (χ4n) is 3.04. The maximum absolute atomic E-state index is 12.7. The monoisotopic (exact) mass is 319 g/mol. The van der Waals surface area contributed by atoms with Crippen molar-refractivity contribution in [2.24, 2.45) is 5.92 Å². The molecule has 122 valence electrons. The third kappa shape index (κ3) is 3.74. The lowest BCUT2D eigenvalue weighted by Crippen LogP contribution is -2.54. The molecule has 1 N–H and O–H groups in total. The average molecular weight is 319 g/mol. The normalized spacial score (nSPS) is 30.2. The fourth-order valence-corrected chi connectivity index (χ4v) is 4.83. The van der Waals surface area contributed by atoms with E-state index in [1.807, 2.05) is 13.8 Å². The van der Waals surface area contributed by atoms with Crippen LogP contribution in [0, 0.1) is 5.92 Å². The number of nitrogens with one attached hydrogen (secondary N) is 1. The van der Waals surface area contributed by atoms with Gasteiger partial charge in [-0.25, -0.2) is 0 Å². The Balaban J connectivity index is 1.99. The number of hydrogen-bond donors (Lipinski definition) is 1. The van der Waals surface area contributed by atoms with E-state index in [-0.39, 0.29) is 24.0 Å². The molecule has 2 aliphatic heterocycles. The zero-order chi connectivity index (χ0) is 15.6. The Morgan fingerprint density at radius 3 is 2.10 bits per heavy atom. The summed E-state index contributed by atoms with van der Waals surface area (Å²) in [6, 6.07) is 0. The van der Waals surface area contributed by atoms with Crippen LogP contribution in [0.5, 0.6) is 0 Å². The van der Waals surface area contributed by atoms with E-state index >= 15 is 0 Å². The van der Waals surface area contributed by atoms with Crippen LogP contribution in [-0.2, 0) is 19.7 Å². The summed E-state index contributed by atoms with van der Waals surface area (Å²) >= 11 is 0. The van der Waals surface area contributed by atoms with Crippen molar-refractivity contribution < 1.29 is 17.9 Å². The first-order chi connectivity index (χ1) is 9.84. The Hall–Kier alpha value is -0.700. The van der Waals surface area contributed by atoms with Crippen LogP contribution in [0.4, 0.5) is 0 Å². The maximum Gasteiger partial charge on any atom is 0.282 e. The van der Waals surface area contributed by atoms with Gasteiger partial charge in [-0.2, -0.15) is 17.0 Å². The average Bonchev–Trinajstić information content (AvgIpc) is 2.45. The smallest absolute Gasteiger partial charge is 0.282 e. The van der Waals surface area contributed by atoms with Crippen LogP contribution in [0.1, 0.15) is 26.7 Å². The highest BCUT2D eigenvalue weighted by Gasteiger charge is 2.37. The van der Waals surface area contributed by atoms with Gasteiger partial charge in [-0.1, -0.05) is 0 Å². The Morgan fingerprint density at radius 2 is 1.62 bits per heavy atom. The Bertz CT molecular complexity index is 464. The second-order valence-electron chi connectivity index (χ2n) is 5.87. The van der Waals surface area contributed by atoms with Crippen molar-refractivity contribution in [3.05, 3.63) is 0 Å². The van der Waals surface area contributed by atoms with Crippen molar-refractivity contribution in [2.75, 3.05) is 33.2 Å². The Labute approximate surface area is 126 Å². The zero-order valence-corrected chi connectivity index (χ0v) is 13.7. The van der Waals surface area contributed by atoms with E-state index in [2.05, 4.69) is 5.32 Å². The van der Waals surface area contributed by atoms with Gasteiger partial charge in [0.25, 0.3) is 10.2 Å². The number of hydrogen-bond acceptors (Lipinski definition) is 4. The molecule has 2 atom stereocenters. The third-order valence-corrected chi connectivity index (χ3v) is 6.08. The van der Waals surface area contributed by atoms with Crippen LogP contribution < -0.4 is 5.32 Å². The van der Waals surface area contributed by atoms with Gasteiger partial charge in [0.15, 0.2) is 0 Å². The number of nitrogens with zero attached hydrogens (tertiary/aromatic N) is 2. The number of carbonyl (C=O) groups excluding carboxylic acids is 1. The van der Waals surface area contributed by atoms with Crippen molar-refractivity contribution in [1.82, 2.24) is 13.9 Å². The van der Waals surface area contributed by atoms with Crippen molar-refractivity contribution >= 4 is 16.1 Å². The quantitative estimate of drug-likeness (QED) is 0.781. The highest BCUT2D eigenvalue weighted by atomic mass is 32.2. The van der Waals surface area contributed by atoms with Crippen LogP contribution in [-0.4, -0.2) is 68.4 Å². The predicted molar refractivity (Wildman–Crippen MR) is 78.9 cm³/mol. The molecule has 2 rings (SSSR count). The standard InChI is InChI=1S/C13H25N3O4S/c1-10-8-16(9-11(2)20-10)21(18,19)15-6-4-12(5-7-15)13(17)14-3/h10-12H,4-9H2,1-3H3,(H,14,17)/t10-,11+. The number of ether oxygens (including phenoxy) is 1. The first-order valence-corrected chi connectivity index (χ1v) is 8.86. The van der Waals surface area contributed by atoms with E-state index in [1.54, 1.807) is 7.05 Å². The lowest BCUT2D eigenvalue weighted by Gasteiger charge is -2.39. The number of rotatable bonds is 3. The van der Waals surface area contributed by atoms with Gasteiger partial charge >= 0.3 is 0 Å². The van der Waals surface area contributed by atoms with E-state index in [1.165, 1.54) is 8.61 Å². The topological polar surface area (TPSA) is 79.0 Å². The fraction of sp³-hybridized carbons (Fsp3) is 0.923. The molecule has 8 heteroatoms. The number of amides is 1. The molecule has 0 radical (unpaired) electrons. The Morgan fingerprint density at radius 1 is 1.10 bits per heavy atom. The van der Waals surface area contributed by atoms with E-state index < -0.39 is 10.2 Å². The molecule has 1 amide bonds. The van der Waals surface area contributed by atoms with Crippen molar-refractivity contribution in [3.8, 4) is 0 Å². The molecule has 2 saturated heterocycles. The molecule has 21 heavy (non-hydrogen) atoms. The van der Waals surface area contributed by atoms with Crippen molar-refractivity contribution in [1.29, 1.82) is 0 Å². The van der Waals surface area contributed by atoms with Gasteiger partial charge < -0.3 is 10.1 Å². The molecule has 0 spiro atoms. The predicted octanol–water partition coefficient (Wildman–Crippen LogP) is -0.202. The van der Waals surface area contributed by atoms with Gasteiger partial charge in [-0.3, -0.25) is 4.79 Å². The maximum atomic E-state index is 12.7. The van der Waals surface area contributed by atoms with Crippen molar-refractivity contribution in [3.63, 3.8) is 0 Å². The molecule has 2 heterocycles. The van der Waals surface area contributed by atoms with Crippen LogP contribution in [0.3, 0.4) is 0 Å². The van der Waals surface area contributed by atoms with E-state index in [9.17, 15) is 13.2 Å². The highest BCUT2D eigenvalue weighted by Crippen LogP contribution is 2.23. The molecule has 0 saturated carbocycles. The van der Waals surface area contributed by atoms with Gasteiger partial charge in [-0.15, -0.1) is 0 Å². The second-order valence-corrected chi connectivity index (χ2v) is 7.80. The molecular formula is C13H25N3O4S. The van der Waals surface area contributed by atoms with Gasteiger partial charge in [0, 0.05) is 39.1 Å². The SMILES string of the molecule is CNC(=O)C1CCN(S(=O)(=O)N2C[C@@H](C)O[C@@H](C)C2)CC1.